The third kappa shape index (κ3) is 2.87. The molecule has 8 heteroatoms. The first-order valence-electron chi connectivity index (χ1n) is 8.17. The SMILES string of the molecule is O=C(c1ccc(-c2nc3ccccc3s2)o1)N1CCC(O)(C(=O)O)CC1. The normalized spacial score (nSPS) is 16.7. The number of carboxylic acids is 1. The Morgan fingerprint density at radius 1 is 1.15 bits per heavy atom. The molecule has 1 fully saturated rings. The van der Waals surface area contributed by atoms with Crippen molar-refractivity contribution in [2.24, 2.45) is 0 Å². The van der Waals surface area contributed by atoms with E-state index in [0.717, 1.165) is 10.2 Å². The zero-order chi connectivity index (χ0) is 18.3. The fourth-order valence-corrected chi connectivity index (χ4v) is 3.92. The van der Waals surface area contributed by atoms with E-state index in [1.165, 1.54) is 16.2 Å². The van der Waals surface area contributed by atoms with Gasteiger partial charge >= 0.3 is 5.97 Å². The van der Waals surface area contributed by atoms with Gasteiger partial charge in [0, 0.05) is 25.9 Å². The summed E-state index contributed by atoms with van der Waals surface area (Å²) in [5.41, 5.74) is -0.882. The van der Waals surface area contributed by atoms with Crippen LogP contribution in [0.2, 0.25) is 0 Å². The fraction of sp³-hybridized carbons (Fsp3) is 0.278. The van der Waals surface area contributed by atoms with Gasteiger partial charge in [0.1, 0.15) is 0 Å². The van der Waals surface area contributed by atoms with Gasteiger partial charge in [0.05, 0.1) is 10.2 Å². The number of benzene rings is 1. The molecule has 1 saturated heterocycles. The molecular weight excluding hydrogens is 356 g/mol. The number of carboxylic acid groups (broad SMARTS) is 1. The molecule has 0 saturated carbocycles. The van der Waals surface area contributed by atoms with Crippen LogP contribution in [0, 0.1) is 0 Å². The third-order valence-electron chi connectivity index (χ3n) is 4.60. The van der Waals surface area contributed by atoms with E-state index in [2.05, 4.69) is 4.98 Å². The molecule has 1 amide bonds. The molecule has 1 aromatic carbocycles. The van der Waals surface area contributed by atoms with Gasteiger partial charge in [-0.15, -0.1) is 11.3 Å². The monoisotopic (exact) mass is 372 g/mol. The van der Waals surface area contributed by atoms with Crippen LogP contribution in [-0.4, -0.2) is 50.7 Å². The van der Waals surface area contributed by atoms with E-state index < -0.39 is 11.6 Å². The Kier molecular flexibility index (Phi) is 4.01. The quantitative estimate of drug-likeness (QED) is 0.732. The molecular formula is C18H16N2O5S. The molecule has 1 aliphatic heterocycles. The Balaban J connectivity index is 1.51. The van der Waals surface area contributed by atoms with Crippen LogP contribution in [0.4, 0.5) is 0 Å². The summed E-state index contributed by atoms with van der Waals surface area (Å²) in [5.74, 6) is -0.862. The molecule has 134 valence electrons. The number of rotatable bonds is 3. The van der Waals surface area contributed by atoms with Gasteiger partial charge in [-0.1, -0.05) is 12.1 Å². The molecule has 0 radical (unpaired) electrons. The smallest absolute Gasteiger partial charge is 0.335 e. The van der Waals surface area contributed by atoms with Crippen molar-refractivity contribution in [3.8, 4) is 10.8 Å². The third-order valence-corrected chi connectivity index (χ3v) is 5.65. The minimum absolute atomic E-state index is 0.000487. The Labute approximate surface area is 152 Å². The fourth-order valence-electron chi connectivity index (χ4n) is 2.99. The van der Waals surface area contributed by atoms with Gasteiger partial charge in [-0.25, -0.2) is 9.78 Å². The molecule has 0 bridgehead atoms. The van der Waals surface area contributed by atoms with Crippen molar-refractivity contribution in [3.05, 3.63) is 42.2 Å². The zero-order valence-corrected chi connectivity index (χ0v) is 14.5. The predicted molar refractivity (Wildman–Crippen MR) is 95.0 cm³/mol. The highest BCUT2D eigenvalue weighted by atomic mass is 32.1. The number of carbonyl (C=O) groups is 2. The van der Waals surface area contributed by atoms with Crippen LogP contribution in [-0.2, 0) is 4.79 Å². The number of para-hydroxylation sites is 1. The number of fused-ring (bicyclic) bond motifs is 1. The predicted octanol–water partition coefficient (Wildman–Crippen LogP) is 2.61. The van der Waals surface area contributed by atoms with Gasteiger partial charge in [0.25, 0.3) is 5.91 Å². The largest absolute Gasteiger partial charge is 0.479 e. The van der Waals surface area contributed by atoms with E-state index in [4.69, 9.17) is 9.52 Å². The summed E-state index contributed by atoms with van der Waals surface area (Å²) in [7, 11) is 0. The van der Waals surface area contributed by atoms with Gasteiger partial charge in [-0.05, 0) is 24.3 Å². The number of piperidine rings is 1. The van der Waals surface area contributed by atoms with Gasteiger partial charge < -0.3 is 19.5 Å². The summed E-state index contributed by atoms with van der Waals surface area (Å²) in [6.45, 7) is 0.331. The maximum atomic E-state index is 12.6. The summed E-state index contributed by atoms with van der Waals surface area (Å²) in [4.78, 5) is 29.7. The second-order valence-electron chi connectivity index (χ2n) is 6.28. The van der Waals surface area contributed by atoms with Crippen molar-refractivity contribution in [1.82, 2.24) is 9.88 Å². The zero-order valence-electron chi connectivity index (χ0n) is 13.7. The number of hydrogen-bond acceptors (Lipinski definition) is 6. The summed E-state index contributed by atoms with van der Waals surface area (Å²) < 4.78 is 6.73. The number of aromatic nitrogens is 1. The van der Waals surface area contributed by atoms with Crippen molar-refractivity contribution in [2.45, 2.75) is 18.4 Å². The van der Waals surface area contributed by atoms with Gasteiger partial charge in [-0.3, -0.25) is 4.79 Å². The lowest BCUT2D eigenvalue weighted by Crippen LogP contribution is -2.50. The highest BCUT2D eigenvalue weighted by Crippen LogP contribution is 2.32. The maximum absolute atomic E-state index is 12.6. The number of amides is 1. The van der Waals surface area contributed by atoms with E-state index in [9.17, 15) is 14.7 Å². The van der Waals surface area contributed by atoms with Crippen molar-refractivity contribution in [1.29, 1.82) is 0 Å². The maximum Gasteiger partial charge on any atom is 0.335 e. The number of thiazole rings is 1. The summed E-state index contributed by atoms with van der Waals surface area (Å²) >= 11 is 1.49. The molecule has 26 heavy (non-hydrogen) atoms. The molecule has 4 rings (SSSR count). The number of aliphatic hydroxyl groups is 1. The van der Waals surface area contributed by atoms with E-state index in [1.807, 2.05) is 24.3 Å². The topological polar surface area (TPSA) is 104 Å². The van der Waals surface area contributed by atoms with E-state index >= 15 is 0 Å². The molecule has 3 heterocycles. The van der Waals surface area contributed by atoms with E-state index in [1.54, 1.807) is 12.1 Å². The van der Waals surface area contributed by atoms with Crippen LogP contribution in [0.5, 0.6) is 0 Å². The number of furan rings is 1. The van der Waals surface area contributed by atoms with Crippen LogP contribution in [0.25, 0.3) is 21.0 Å². The van der Waals surface area contributed by atoms with Crippen molar-refractivity contribution < 1.29 is 24.2 Å². The van der Waals surface area contributed by atoms with Gasteiger partial charge in [0.2, 0.25) is 0 Å². The average Bonchev–Trinajstić information content (AvgIpc) is 3.28. The Morgan fingerprint density at radius 3 is 2.58 bits per heavy atom. The van der Waals surface area contributed by atoms with Crippen molar-refractivity contribution >= 4 is 33.4 Å². The Hall–Kier alpha value is -2.71. The lowest BCUT2D eigenvalue weighted by molar-refractivity contribution is -0.162. The minimum Gasteiger partial charge on any atom is -0.479 e. The molecule has 1 aliphatic rings. The summed E-state index contributed by atoms with van der Waals surface area (Å²) in [6.07, 6.45) is -0.000975. The van der Waals surface area contributed by atoms with Crippen LogP contribution in [0.15, 0.2) is 40.8 Å². The lowest BCUT2D eigenvalue weighted by Gasteiger charge is -2.34. The Bertz CT molecular complexity index is 951. The van der Waals surface area contributed by atoms with E-state index in [0.29, 0.717) is 10.8 Å². The van der Waals surface area contributed by atoms with Crippen LogP contribution in [0.1, 0.15) is 23.4 Å². The number of aliphatic carboxylic acids is 1. The highest BCUT2D eigenvalue weighted by molar-refractivity contribution is 7.21. The molecule has 0 spiro atoms. The van der Waals surface area contributed by atoms with E-state index in [-0.39, 0.29) is 37.6 Å². The lowest BCUT2D eigenvalue weighted by atomic mass is 9.91. The number of hydrogen-bond donors (Lipinski definition) is 2. The molecule has 0 unspecified atom stereocenters. The van der Waals surface area contributed by atoms with Crippen LogP contribution < -0.4 is 0 Å². The number of nitrogens with zero attached hydrogens (tertiary/aromatic N) is 2. The molecule has 2 N–H and O–H groups in total. The summed E-state index contributed by atoms with van der Waals surface area (Å²) in [6, 6.07) is 11.1. The second-order valence-corrected chi connectivity index (χ2v) is 7.31. The molecule has 0 atom stereocenters. The first kappa shape index (κ1) is 16.7. The van der Waals surface area contributed by atoms with Gasteiger partial charge in [0.15, 0.2) is 22.1 Å². The molecule has 3 aromatic rings. The number of carbonyl (C=O) groups excluding carboxylic acids is 1. The molecule has 2 aromatic heterocycles. The molecule has 7 nitrogen and oxygen atoms in total. The second kappa shape index (κ2) is 6.22. The first-order valence-corrected chi connectivity index (χ1v) is 8.99. The number of likely N-dealkylation sites (tertiary alicyclic amines) is 1. The minimum atomic E-state index is -1.76. The first-order chi connectivity index (χ1) is 12.5. The Morgan fingerprint density at radius 2 is 1.88 bits per heavy atom. The highest BCUT2D eigenvalue weighted by Gasteiger charge is 2.40. The standard InChI is InChI=1S/C18H16N2O5S/c21-16(20-9-7-18(24,8-10-20)17(22)23)13-6-5-12(25-13)15-19-11-3-1-2-4-14(11)26-15/h1-6,24H,7-10H2,(H,22,23). The summed E-state index contributed by atoms with van der Waals surface area (Å²) in [5, 5.41) is 19.7. The van der Waals surface area contributed by atoms with Gasteiger partial charge in [-0.2, -0.15) is 0 Å². The molecule has 0 aliphatic carbocycles. The van der Waals surface area contributed by atoms with Crippen molar-refractivity contribution in [3.63, 3.8) is 0 Å². The average molecular weight is 372 g/mol. The van der Waals surface area contributed by atoms with Crippen LogP contribution in [0.3, 0.4) is 0 Å². The van der Waals surface area contributed by atoms with Crippen LogP contribution >= 0.6 is 11.3 Å². The van der Waals surface area contributed by atoms with Crippen molar-refractivity contribution in [2.75, 3.05) is 13.1 Å².